The molecule has 0 saturated carbocycles. The first-order valence-corrected chi connectivity index (χ1v) is 11.3. The number of furan rings is 1. The lowest BCUT2D eigenvalue weighted by Crippen LogP contribution is -2.31. The first-order valence-electron chi connectivity index (χ1n) is 10.5. The van der Waals surface area contributed by atoms with E-state index < -0.39 is 23.5 Å². The van der Waals surface area contributed by atoms with Crippen molar-refractivity contribution in [2.75, 3.05) is 4.90 Å². The van der Waals surface area contributed by atoms with Crippen molar-refractivity contribution in [3.05, 3.63) is 111 Å². The van der Waals surface area contributed by atoms with Crippen LogP contribution >= 0.6 is 15.9 Å². The van der Waals surface area contributed by atoms with Gasteiger partial charge in [0.1, 0.15) is 5.58 Å². The molecular weight excluding hydrogens is 482 g/mol. The average Bonchev–Trinajstić information content (AvgIpc) is 3.32. The van der Waals surface area contributed by atoms with E-state index in [1.54, 1.807) is 18.2 Å². The number of amides is 1. The van der Waals surface area contributed by atoms with Gasteiger partial charge >= 0.3 is 0 Å². The fourth-order valence-electron chi connectivity index (χ4n) is 4.30. The molecule has 0 aliphatic carbocycles. The van der Waals surface area contributed by atoms with Gasteiger partial charge in [-0.1, -0.05) is 57.9 Å². The molecule has 1 aliphatic rings. The van der Waals surface area contributed by atoms with Crippen LogP contribution in [0.3, 0.4) is 0 Å². The third-order valence-electron chi connectivity index (χ3n) is 5.79. The van der Waals surface area contributed by atoms with Crippen molar-refractivity contribution >= 4 is 44.3 Å². The van der Waals surface area contributed by atoms with Crippen LogP contribution in [0.5, 0.6) is 0 Å². The molecule has 0 spiro atoms. The van der Waals surface area contributed by atoms with Gasteiger partial charge in [-0.2, -0.15) is 0 Å². The van der Waals surface area contributed by atoms with E-state index in [2.05, 4.69) is 15.9 Å². The number of Topliss-reactive ketones (excluding diaryl/α,β-unsaturated/α-hetero) is 1. The lowest BCUT2D eigenvalue weighted by Gasteiger charge is -2.27. The van der Waals surface area contributed by atoms with Crippen molar-refractivity contribution in [1.29, 1.82) is 0 Å². The second-order valence-corrected chi connectivity index (χ2v) is 9.13. The highest BCUT2D eigenvalue weighted by Gasteiger charge is 2.45. The zero-order valence-corrected chi connectivity index (χ0v) is 19.6. The highest BCUT2D eigenvalue weighted by Crippen LogP contribution is 2.42. The van der Waals surface area contributed by atoms with Crippen LogP contribution in [0, 0.1) is 13.8 Å². The van der Waals surface area contributed by atoms with Crippen LogP contribution in [0.25, 0.3) is 11.0 Å². The van der Waals surface area contributed by atoms with Crippen molar-refractivity contribution in [2.45, 2.75) is 19.9 Å². The SMILES string of the molecule is Cc1cccc(C2C(C(=O)c3cc4cc(Br)ccc4o3)=C(O)C(=O)N2c2cccc(C)c2)c1. The summed E-state index contributed by atoms with van der Waals surface area (Å²) in [4.78, 5) is 28.4. The molecule has 5 rings (SSSR count). The monoisotopic (exact) mass is 501 g/mol. The summed E-state index contributed by atoms with van der Waals surface area (Å²) in [6.45, 7) is 3.87. The van der Waals surface area contributed by atoms with Crippen molar-refractivity contribution in [3.8, 4) is 0 Å². The molecule has 0 saturated heterocycles. The standard InChI is InChI=1S/C27H20BrNO4/c1-15-5-3-7-17(11-15)24-23(25(30)22-14-18-13-19(28)9-10-21(18)33-22)26(31)27(32)29(24)20-8-4-6-16(2)12-20/h3-14,24,31H,1-2H3. The highest BCUT2D eigenvalue weighted by atomic mass is 79.9. The van der Waals surface area contributed by atoms with E-state index in [-0.39, 0.29) is 11.3 Å². The van der Waals surface area contributed by atoms with Gasteiger partial charge in [0.2, 0.25) is 5.78 Å². The molecule has 1 aromatic heterocycles. The maximum atomic E-state index is 13.7. The predicted molar refractivity (Wildman–Crippen MR) is 130 cm³/mol. The zero-order valence-electron chi connectivity index (χ0n) is 18.0. The Balaban J connectivity index is 1.67. The molecule has 6 heteroatoms. The quantitative estimate of drug-likeness (QED) is 0.320. The minimum atomic E-state index is -0.786. The number of aliphatic hydroxyl groups excluding tert-OH is 1. The van der Waals surface area contributed by atoms with E-state index in [9.17, 15) is 14.7 Å². The van der Waals surface area contributed by atoms with Crippen molar-refractivity contribution in [1.82, 2.24) is 0 Å². The number of aliphatic hydroxyl groups is 1. The number of carbonyl (C=O) groups excluding carboxylic acids is 2. The van der Waals surface area contributed by atoms with Gasteiger partial charge in [-0.05, 0) is 61.4 Å². The fourth-order valence-corrected chi connectivity index (χ4v) is 4.67. The second kappa shape index (κ2) is 8.05. The van der Waals surface area contributed by atoms with Crippen LogP contribution in [0.2, 0.25) is 0 Å². The molecule has 0 radical (unpaired) electrons. The number of ketones is 1. The molecule has 5 nitrogen and oxygen atoms in total. The molecule has 1 amide bonds. The molecule has 3 aromatic carbocycles. The maximum absolute atomic E-state index is 13.7. The number of rotatable bonds is 4. The van der Waals surface area contributed by atoms with Crippen LogP contribution in [0.4, 0.5) is 5.69 Å². The van der Waals surface area contributed by atoms with Crippen molar-refractivity contribution in [3.63, 3.8) is 0 Å². The van der Waals surface area contributed by atoms with E-state index in [0.29, 0.717) is 11.3 Å². The van der Waals surface area contributed by atoms with E-state index in [4.69, 9.17) is 4.42 Å². The summed E-state index contributed by atoms with van der Waals surface area (Å²) in [7, 11) is 0. The first-order chi connectivity index (χ1) is 15.8. The van der Waals surface area contributed by atoms with Gasteiger partial charge in [-0.3, -0.25) is 14.5 Å². The van der Waals surface area contributed by atoms with Crippen LogP contribution in [0.15, 0.2) is 93.0 Å². The van der Waals surface area contributed by atoms with Crippen LogP contribution in [-0.4, -0.2) is 16.8 Å². The van der Waals surface area contributed by atoms with E-state index >= 15 is 0 Å². The lowest BCUT2D eigenvalue weighted by atomic mass is 9.93. The number of fused-ring (bicyclic) bond motifs is 1. The predicted octanol–water partition coefficient (Wildman–Crippen LogP) is 6.60. The molecule has 1 N–H and O–H groups in total. The number of aryl methyl sites for hydroxylation is 2. The normalized spacial score (nSPS) is 16.2. The summed E-state index contributed by atoms with van der Waals surface area (Å²) in [5.74, 6) is -1.63. The lowest BCUT2D eigenvalue weighted by molar-refractivity contribution is -0.117. The summed E-state index contributed by atoms with van der Waals surface area (Å²) in [6.07, 6.45) is 0. The molecule has 1 atom stereocenters. The van der Waals surface area contributed by atoms with Gasteiger partial charge in [-0.15, -0.1) is 0 Å². The van der Waals surface area contributed by atoms with Crippen LogP contribution in [-0.2, 0) is 4.79 Å². The summed E-state index contributed by atoms with van der Waals surface area (Å²) in [5.41, 5.74) is 3.84. The van der Waals surface area contributed by atoms with E-state index in [1.165, 1.54) is 4.90 Å². The Labute approximate surface area is 199 Å². The molecule has 0 fully saturated rings. The Morgan fingerprint density at radius 2 is 1.70 bits per heavy atom. The molecule has 0 bridgehead atoms. The Hall–Kier alpha value is -3.64. The number of anilines is 1. The van der Waals surface area contributed by atoms with Gasteiger partial charge < -0.3 is 9.52 Å². The third kappa shape index (κ3) is 3.66. The Kier molecular flexibility index (Phi) is 5.17. The Morgan fingerprint density at radius 3 is 2.42 bits per heavy atom. The number of nitrogens with zero attached hydrogens (tertiary/aromatic N) is 1. The number of hydrogen-bond donors (Lipinski definition) is 1. The number of benzene rings is 3. The Morgan fingerprint density at radius 1 is 0.970 bits per heavy atom. The summed E-state index contributed by atoms with van der Waals surface area (Å²) >= 11 is 3.42. The van der Waals surface area contributed by atoms with Crippen molar-refractivity contribution < 1.29 is 19.1 Å². The molecule has 164 valence electrons. The number of halogens is 1. The van der Waals surface area contributed by atoms with Crippen molar-refractivity contribution in [2.24, 2.45) is 0 Å². The number of hydrogen-bond acceptors (Lipinski definition) is 4. The molecule has 2 heterocycles. The largest absolute Gasteiger partial charge is 0.503 e. The highest BCUT2D eigenvalue weighted by molar-refractivity contribution is 9.10. The first kappa shape index (κ1) is 21.2. The molecule has 1 unspecified atom stereocenters. The summed E-state index contributed by atoms with van der Waals surface area (Å²) in [6, 6.07) is 21.3. The van der Waals surface area contributed by atoms with Gasteiger partial charge in [0.05, 0.1) is 11.6 Å². The minimum Gasteiger partial charge on any atom is -0.503 e. The summed E-state index contributed by atoms with van der Waals surface area (Å²) < 4.78 is 6.66. The molecule has 1 aliphatic heterocycles. The Bertz CT molecular complexity index is 1470. The van der Waals surface area contributed by atoms with Crippen LogP contribution < -0.4 is 4.90 Å². The summed E-state index contributed by atoms with van der Waals surface area (Å²) in [5, 5.41) is 11.7. The van der Waals surface area contributed by atoms with E-state index in [1.807, 2.05) is 68.4 Å². The average molecular weight is 502 g/mol. The topological polar surface area (TPSA) is 70.7 Å². The second-order valence-electron chi connectivity index (χ2n) is 8.22. The minimum absolute atomic E-state index is 0.00484. The number of carbonyl (C=O) groups is 2. The molecule has 4 aromatic rings. The maximum Gasteiger partial charge on any atom is 0.294 e. The van der Waals surface area contributed by atoms with E-state index in [0.717, 1.165) is 26.5 Å². The van der Waals surface area contributed by atoms with Gasteiger partial charge in [0.15, 0.2) is 11.5 Å². The molecule has 33 heavy (non-hydrogen) atoms. The van der Waals surface area contributed by atoms with Gasteiger partial charge in [-0.25, -0.2) is 0 Å². The van der Waals surface area contributed by atoms with Gasteiger partial charge in [0, 0.05) is 15.5 Å². The third-order valence-corrected chi connectivity index (χ3v) is 6.29. The van der Waals surface area contributed by atoms with Crippen LogP contribution in [0.1, 0.15) is 33.3 Å². The molecular formula is C27H20BrNO4. The van der Waals surface area contributed by atoms with Gasteiger partial charge in [0.25, 0.3) is 5.91 Å². The fraction of sp³-hybridized carbons (Fsp3) is 0.111. The zero-order chi connectivity index (χ0) is 23.3. The smallest absolute Gasteiger partial charge is 0.294 e.